The maximum absolute atomic E-state index is 12.3. The third-order valence-corrected chi connectivity index (χ3v) is 3.19. The molecule has 0 fully saturated rings. The number of halogens is 1. The van der Waals surface area contributed by atoms with E-state index in [2.05, 4.69) is 36.6 Å². The minimum Gasteiger partial charge on any atom is -0.383 e. The molecule has 2 N–H and O–H groups in total. The van der Waals surface area contributed by atoms with Gasteiger partial charge in [-0.1, -0.05) is 0 Å². The Morgan fingerprint density at radius 1 is 1.48 bits per heavy atom. The first-order valence-corrected chi connectivity index (χ1v) is 7.09. The van der Waals surface area contributed by atoms with Crippen LogP contribution in [0.1, 0.15) is 10.4 Å². The summed E-state index contributed by atoms with van der Waals surface area (Å²) in [5.74, 6) is 0.266. The van der Waals surface area contributed by atoms with Crippen molar-refractivity contribution in [2.75, 3.05) is 31.4 Å². The van der Waals surface area contributed by atoms with Gasteiger partial charge in [-0.25, -0.2) is 4.98 Å². The van der Waals surface area contributed by atoms with Crippen molar-refractivity contribution in [2.24, 2.45) is 0 Å². The van der Waals surface area contributed by atoms with Crippen molar-refractivity contribution in [1.29, 1.82) is 0 Å². The fourth-order valence-electron chi connectivity index (χ4n) is 1.75. The summed E-state index contributed by atoms with van der Waals surface area (Å²) in [6, 6.07) is 1.71. The van der Waals surface area contributed by atoms with E-state index in [0.29, 0.717) is 30.2 Å². The van der Waals surface area contributed by atoms with E-state index < -0.39 is 0 Å². The molecule has 0 aliphatic rings. The average Bonchev–Trinajstić information content (AvgIpc) is 2.92. The molecule has 0 spiro atoms. The number of rotatable bonds is 6. The second-order valence-corrected chi connectivity index (χ2v) is 5.15. The minimum absolute atomic E-state index is 0.251. The molecule has 2 heterocycles. The zero-order valence-corrected chi connectivity index (χ0v) is 13.3. The van der Waals surface area contributed by atoms with E-state index in [0.717, 1.165) is 4.47 Å². The van der Waals surface area contributed by atoms with Gasteiger partial charge < -0.3 is 15.4 Å². The fraction of sp³-hybridized carbons (Fsp3) is 0.308. The van der Waals surface area contributed by atoms with Crippen molar-refractivity contribution in [1.82, 2.24) is 14.8 Å². The Balaban J connectivity index is 2.10. The van der Waals surface area contributed by atoms with Crippen LogP contribution in [0.4, 0.5) is 11.5 Å². The highest BCUT2D eigenvalue weighted by Crippen LogP contribution is 2.19. The Kier molecular flexibility index (Phi) is 5.29. The van der Waals surface area contributed by atoms with Crippen molar-refractivity contribution in [3.63, 3.8) is 0 Å². The summed E-state index contributed by atoms with van der Waals surface area (Å²) in [4.78, 5) is 16.4. The number of nitrogens with zero attached hydrogens (tertiary/aromatic N) is 3. The number of hydrogen-bond donors (Lipinski definition) is 2. The predicted octanol–water partition coefficient (Wildman–Crippen LogP) is 1.98. The lowest BCUT2D eigenvalue weighted by Gasteiger charge is -2.08. The second-order valence-electron chi connectivity index (χ2n) is 4.24. The third kappa shape index (κ3) is 4.02. The Labute approximate surface area is 130 Å². The third-order valence-electron chi connectivity index (χ3n) is 2.75. The van der Waals surface area contributed by atoms with Crippen LogP contribution in [-0.4, -0.2) is 41.4 Å². The molecule has 0 aliphatic carbocycles. The average molecular weight is 354 g/mol. The van der Waals surface area contributed by atoms with Crippen LogP contribution in [-0.2, 0) is 11.3 Å². The number of ether oxygens (including phenoxy) is 1. The van der Waals surface area contributed by atoms with Gasteiger partial charge in [0.2, 0.25) is 0 Å². The number of carbonyl (C=O) groups is 1. The maximum atomic E-state index is 12.3. The first-order chi connectivity index (χ1) is 10.1. The van der Waals surface area contributed by atoms with Gasteiger partial charge in [-0.3, -0.25) is 9.48 Å². The van der Waals surface area contributed by atoms with Crippen LogP contribution in [0.15, 0.2) is 29.1 Å². The Hall–Kier alpha value is -1.93. The van der Waals surface area contributed by atoms with Gasteiger partial charge in [0.1, 0.15) is 5.82 Å². The molecule has 0 radical (unpaired) electrons. The zero-order valence-electron chi connectivity index (χ0n) is 11.8. The largest absolute Gasteiger partial charge is 0.383 e. The van der Waals surface area contributed by atoms with E-state index in [1.807, 2.05) is 0 Å². The van der Waals surface area contributed by atoms with Crippen LogP contribution in [0.3, 0.4) is 0 Å². The van der Waals surface area contributed by atoms with Crippen LogP contribution in [0.2, 0.25) is 0 Å². The molecule has 2 aromatic rings. The van der Waals surface area contributed by atoms with E-state index in [1.54, 1.807) is 43.5 Å². The van der Waals surface area contributed by atoms with Gasteiger partial charge in [0.25, 0.3) is 5.91 Å². The second kappa shape index (κ2) is 7.19. The first kappa shape index (κ1) is 15.5. The predicted molar refractivity (Wildman–Crippen MR) is 83.5 cm³/mol. The normalized spacial score (nSPS) is 10.4. The molecule has 0 bridgehead atoms. The lowest BCUT2D eigenvalue weighted by Crippen LogP contribution is -2.14. The smallest absolute Gasteiger partial charge is 0.259 e. The van der Waals surface area contributed by atoms with Crippen molar-refractivity contribution in [3.8, 4) is 0 Å². The Morgan fingerprint density at radius 2 is 2.29 bits per heavy atom. The number of nitrogens with one attached hydrogen (secondary N) is 2. The van der Waals surface area contributed by atoms with Crippen molar-refractivity contribution >= 4 is 33.3 Å². The molecule has 112 valence electrons. The first-order valence-electron chi connectivity index (χ1n) is 6.30. The highest BCUT2D eigenvalue weighted by molar-refractivity contribution is 9.10. The summed E-state index contributed by atoms with van der Waals surface area (Å²) in [7, 11) is 3.35. The molecule has 0 aliphatic heterocycles. The highest BCUT2D eigenvalue weighted by Gasteiger charge is 2.13. The molecular weight excluding hydrogens is 338 g/mol. The van der Waals surface area contributed by atoms with Gasteiger partial charge in [0, 0.05) is 31.0 Å². The number of aromatic nitrogens is 3. The van der Waals surface area contributed by atoms with Gasteiger partial charge in [-0.15, -0.1) is 0 Å². The number of anilines is 2. The number of carbonyl (C=O) groups excluding carboxylic acids is 1. The topological polar surface area (TPSA) is 81.1 Å². The molecule has 2 rings (SSSR count). The fourth-order valence-corrected chi connectivity index (χ4v) is 2.08. The van der Waals surface area contributed by atoms with Crippen LogP contribution in [0.5, 0.6) is 0 Å². The summed E-state index contributed by atoms with van der Waals surface area (Å²) in [5, 5.41) is 9.83. The minimum atomic E-state index is -0.251. The molecule has 0 saturated heterocycles. The lowest BCUT2D eigenvalue weighted by atomic mass is 10.2. The molecule has 7 nitrogen and oxygen atoms in total. The molecule has 2 aromatic heterocycles. The Morgan fingerprint density at radius 3 is 3.00 bits per heavy atom. The molecule has 0 atom stereocenters. The van der Waals surface area contributed by atoms with Gasteiger partial charge in [0.05, 0.1) is 30.6 Å². The van der Waals surface area contributed by atoms with Crippen molar-refractivity contribution in [2.45, 2.75) is 6.54 Å². The van der Waals surface area contributed by atoms with Crippen LogP contribution < -0.4 is 10.6 Å². The summed E-state index contributed by atoms with van der Waals surface area (Å²) in [6.45, 7) is 1.20. The summed E-state index contributed by atoms with van der Waals surface area (Å²) >= 11 is 3.31. The van der Waals surface area contributed by atoms with E-state index in [9.17, 15) is 4.79 Å². The molecule has 0 saturated carbocycles. The van der Waals surface area contributed by atoms with Gasteiger partial charge >= 0.3 is 0 Å². The van der Waals surface area contributed by atoms with Crippen LogP contribution in [0, 0.1) is 0 Å². The zero-order chi connectivity index (χ0) is 15.2. The van der Waals surface area contributed by atoms with Crippen LogP contribution >= 0.6 is 15.9 Å². The summed E-state index contributed by atoms with van der Waals surface area (Å²) in [6.07, 6.45) is 4.98. The van der Waals surface area contributed by atoms with E-state index in [1.165, 1.54) is 0 Å². The van der Waals surface area contributed by atoms with Crippen LogP contribution in [0.25, 0.3) is 0 Å². The van der Waals surface area contributed by atoms with E-state index >= 15 is 0 Å². The number of pyridine rings is 1. The molecule has 21 heavy (non-hydrogen) atoms. The number of hydrogen-bond acceptors (Lipinski definition) is 5. The quantitative estimate of drug-likeness (QED) is 0.829. The molecule has 8 heteroatoms. The monoisotopic (exact) mass is 353 g/mol. The van der Waals surface area contributed by atoms with E-state index in [4.69, 9.17) is 4.74 Å². The van der Waals surface area contributed by atoms with Gasteiger partial charge in [-0.2, -0.15) is 5.10 Å². The standard InChI is InChI=1S/C13H16BrN5O2/c1-15-12-11(5-9(14)6-16-12)13(20)18-10-7-17-19(8-10)3-4-21-2/h5-8H,3-4H2,1-2H3,(H,15,16)(H,18,20). The SMILES string of the molecule is CNc1ncc(Br)cc1C(=O)Nc1cnn(CCOC)c1. The molecule has 0 unspecified atom stereocenters. The van der Waals surface area contributed by atoms with E-state index in [-0.39, 0.29) is 5.91 Å². The Bertz CT molecular complexity index is 629. The summed E-state index contributed by atoms with van der Waals surface area (Å²) < 4.78 is 7.42. The molecular formula is C13H16BrN5O2. The van der Waals surface area contributed by atoms with Gasteiger partial charge in [0.15, 0.2) is 0 Å². The maximum Gasteiger partial charge on any atom is 0.259 e. The van der Waals surface area contributed by atoms with Crippen molar-refractivity contribution in [3.05, 3.63) is 34.7 Å². The number of methoxy groups -OCH3 is 1. The highest BCUT2D eigenvalue weighted by atomic mass is 79.9. The molecule has 1 amide bonds. The lowest BCUT2D eigenvalue weighted by molar-refractivity contribution is 0.102. The number of amides is 1. The summed E-state index contributed by atoms with van der Waals surface area (Å²) in [5.41, 5.74) is 1.08. The van der Waals surface area contributed by atoms with Crippen molar-refractivity contribution < 1.29 is 9.53 Å². The van der Waals surface area contributed by atoms with Gasteiger partial charge in [-0.05, 0) is 22.0 Å². The molecule has 0 aromatic carbocycles.